The topological polar surface area (TPSA) is 53.1 Å². The molecule has 176 valence electrons. The monoisotopic (exact) mass is 445 g/mol. The molecule has 1 aliphatic rings. The van der Waals surface area contributed by atoms with Crippen molar-refractivity contribution in [2.75, 3.05) is 30.9 Å². The van der Waals surface area contributed by atoms with Gasteiger partial charge in [-0.3, -0.25) is 0 Å². The summed E-state index contributed by atoms with van der Waals surface area (Å²) >= 11 is 0. The summed E-state index contributed by atoms with van der Waals surface area (Å²) in [6.07, 6.45) is 11.2. The molecule has 2 N–H and O–H groups in total. The number of rotatable bonds is 11. The lowest BCUT2D eigenvalue weighted by molar-refractivity contribution is 0.350. The Morgan fingerprint density at radius 2 is 1.48 bits per heavy atom. The van der Waals surface area contributed by atoms with E-state index >= 15 is 0 Å². The van der Waals surface area contributed by atoms with E-state index in [9.17, 15) is 0 Å². The third-order valence-corrected chi connectivity index (χ3v) is 6.74. The van der Waals surface area contributed by atoms with Crippen LogP contribution in [0.1, 0.15) is 56.9 Å². The van der Waals surface area contributed by atoms with E-state index in [1.165, 1.54) is 63.4 Å². The highest BCUT2D eigenvalue weighted by Crippen LogP contribution is 2.26. The van der Waals surface area contributed by atoms with Crippen molar-refractivity contribution >= 4 is 22.7 Å². The molecule has 1 aliphatic carbocycles. The predicted octanol–water partition coefficient (Wildman–Crippen LogP) is 5.81. The Kier molecular flexibility index (Phi) is 8.53. The van der Waals surface area contributed by atoms with E-state index in [2.05, 4.69) is 58.0 Å². The van der Waals surface area contributed by atoms with Gasteiger partial charge in [-0.05, 0) is 69.2 Å². The molecule has 0 saturated heterocycles. The molecule has 3 aromatic rings. The summed E-state index contributed by atoms with van der Waals surface area (Å²) in [6.45, 7) is 1.15. The second-order valence-electron chi connectivity index (χ2n) is 9.58. The number of unbranched alkanes of at least 4 members (excludes halogenated alkanes) is 3. The van der Waals surface area contributed by atoms with Crippen LogP contribution in [0.15, 0.2) is 54.6 Å². The summed E-state index contributed by atoms with van der Waals surface area (Å²) in [5.74, 6) is 1.73. The summed E-state index contributed by atoms with van der Waals surface area (Å²) in [6, 6.07) is 20.2. The highest BCUT2D eigenvalue weighted by molar-refractivity contribution is 5.90. The van der Waals surface area contributed by atoms with Crippen LogP contribution in [0, 0.1) is 0 Å². The van der Waals surface area contributed by atoms with Crippen LogP contribution in [0.3, 0.4) is 0 Å². The quantitative estimate of drug-likeness (QED) is 0.365. The standard InChI is InChI=1S/C28H39N5/c1-33(2)27-25-15-9-10-16-26(25)31-28(32-27)30-24-19-17-23(18-20-24)29-21-11-4-3-6-12-22-13-7-5-8-14-22/h5,7-10,13-16,23-24,29H,3-4,6,11-12,17-21H2,1-2H3,(H,30,31,32)/t23-,24+. The fraction of sp³-hybridized carbons (Fsp3) is 0.500. The molecule has 0 aliphatic heterocycles. The molecule has 5 nitrogen and oxygen atoms in total. The summed E-state index contributed by atoms with van der Waals surface area (Å²) in [5, 5.41) is 8.51. The van der Waals surface area contributed by atoms with E-state index in [1.54, 1.807) is 0 Å². The average Bonchev–Trinajstić information content (AvgIpc) is 2.84. The van der Waals surface area contributed by atoms with Crippen molar-refractivity contribution in [1.29, 1.82) is 0 Å². The van der Waals surface area contributed by atoms with E-state index in [0.29, 0.717) is 12.1 Å². The van der Waals surface area contributed by atoms with Gasteiger partial charge < -0.3 is 15.5 Å². The Morgan fingerprint density at radius 3 is 2.27 bits per heavy atom. The number of anilines is 2. The maximum atomic E-state index is 4.81. The molecule has 1 heterocycles. The summed E-state index contributed by atoms with van der Waals surface area (Å²) in [4.78, 5) is 11.6. The number of fused-ring (bicyclic) bond motifs is 1. The summed E-state index contributed by atoms with van der Waals surface area (Å²) in [5.41, 5.74) is 2.46. The fourth-order valence-electron chi connectivity index (χ4n) is 4.85. The van der Waals surface area contributed by atoms with Gasteiger partial charge in [0.2, 0.25) is 5.95 Å². The Bertz CT molecular complexity index is 980. The molecule has 0 atom stereocenters. The normalized spacial score (nSPS) is 18.4. The number of nitrogens with zero attached hydrogens (tertiary/aromatic N) is 3. The number of hydrogen-bond acceptors (Lipinski definition) is 5. The molecule has 0 spiro atoms. The Balaban J connectivity index is 1.14. The first kappa shape index (κ1) is 23.5. The van der Waals surface area contributed by atoms with Crippen LogP contribution >= 0.6 is 0 Å². The molecule has 1 aromatic heterocycles. The lowest BCUT2D eigenvalue weighted by Crippen LogP contribution is -2.37. The highest BCUT2D eigenvalue weighted by atomic mass is 15.2. The SMILES string of the molecule is CN(C)c1nc(N[C@H]2CC[C@@H](NCCCCCCc3ccccc3)CC2)nc2ccccc12. The average molecular weight is 446 g/mol. The van der Waals surface area contributed by atoms with Crippen LogP contribution in [0.4, 0.5) is 11.8 Å². The number of aryl methyl sites for hydroxylation is 1. The van der Waals surface area contributed by atoms with Crippen molar-refractivity contribution in [2.45, 2.75) is 69.9 Å². The molecule has 0 unspecified atom stereocenters. The molecule has 4 rings (SSSR count). The molecule has 5 heteroatoms. The fourth-order valence-corrected chi connectivity index (χ4v) is 4.85. The van der Waals surface area contributed by atoms with Crippen LogP contribution in [0.2, 0.25) is 0 Å². The smallest absolute Gasteiger partial charge is 0.225 e. The third kappa shape index (κ3) is 6.91. The van der Waals surface area contributed by atoms with Crippen molar-refractivity contribution in [2.24, 2.45) is 0 Å². The van der Waals surface area contributed by atoms with Gasteiger partial charge in [0.1, 0.15) is 5.82 Å². The predicted molar refractivity (Wildman–Crippen MR) is 140 cm³/mol. The minimum atomic E-state index is 0.456. The zero-order valence-corrected chi connectivity index (χ0v) is 20.3. The van der Waals surface area contributed by atoms with Crippen molar-refractivity contribution in [3.05, 3.63) is 60.2 Å². The van der Waals surface area contributed by atoms with Crippen LogP contribution in [-0.2, 0) is 6.42 Å². The van der Waals surface area contributed by atoms with Crippen molar-refractivity contribution in [1.82, 2.24) is 15.3 Å². The van der Waals surface area contributed by atoms with E-state index in [0.717, 1.165) is 29.2 Å². The van der Waals surface area contributed by atoms with Crippen molar-refractivity contribution < 1.29 is 0 Å². The molecular formula is C28H39N5. The first-order valence-electron chi connectivity index (χ1n) is 12.7. The van der Waals surface area contributed by atoms with Gasteiger partial charge in [0, 0.05) is 31.6 Å². The highest BCUT2D eigenvalue weighted by Gasteiger charge is 2.21. The van der Waals surface area contributed by atoms with Gasteiger partial charge in [-0.15, -0.1) is 0 Å². The first-order valence-corrected chi connectivity index (χ1v) is 12.7. The van der Waals surface area contributed by atoms with Gasteiger partial charge in [-0.25, -0.2) is 4.98 Å². The van der Waals surface area contributed by atoms with Crippen LogP contribution in [0.25, 0.3) is 10.9 Å². The van der Waals surface area contributed by atoms with Crippen LogP contribution in [0.5, 0.6) is 0 Å². The first-order chi connectivity index (χ1) is 16.2. The second-order valence-corrected chi connectivity index (χ2v) is 9.58. The van der Waals surface area contributed by atoms with Crippen LogP contribution in [-0.4, -0.2) is 42.7 Å². The maximum Gasteiger partial charge on any atom is 0.225 e. The Morgan fingerprint density at radius 1 is 0.788 bits per heavy atom. The van der Waals surface area contributed by atoms with E-state index in [1.807, 2.05) is 26.2 Å². The molecule has 0 radical (unpaired) electrons. The van der Waals surface area contributed by atoms with E-state index in [-0.39, 0.29) is 0 Å². The third-order valence-electron chi connectivity index (χ3n) is 6.74. The number of para-hydroxylation sites is 1. The number of aromatic nitrogens is 2. The molecule has 1 fully saturated rings. The second kappa shape index (κ2) is 12.0. The van der Waals surface area contributed by atoms with Gasteiger partial charge >= 0.3 is 0 Å². The zero-order chi connectivity index (χ0) is 22.9. The molecular weight excluding hydrogens is 406 g/mol. The van der Waals surface area contributed by atoms with Gasteiger partial charge in [-0.1, -0.05) is 55.3 Å². The number of benzene rings is 2. The van der Waals surface area contributed by atoms with Gasteiger partial charge in [0.05, 0.1) is 5.52 Å². The molecule has 0 bridgehead atoms. The van der Waals surface area contributed by atoms with E-state index < -0.39 is 0 Å². The zero-order valence-electron chi connectivity index (χ0n) is 20.3. The Hall–Kier alpha value is -2.66. The number of nitrogens with one attached hydrogen (secondary N) is 2. The van der Waals surface area contributed by atoms with Crippen molar-refractivity contribution in [3.63, 3.8) is 0 Å². The van der Waals surface area contributed by atoms with Crippen molar-refractivity contribution in [3.8, 4) is 0 Å². The molecule has 0 amide bonds. The summed E-state index contributed by atoms with van der Waals surface area (Å²) < 4.78 is 0. The molecule has 33 heavy (non-hydrogen) atoms. The maximum absolute atomic E-state index is 4.81. The Labute approximate surface area is 199 Å². The van der Waals surface area contributed by atoms with Gasteiger partial charge in [-0.2, -0.15) is 4.98 Å². The summed E-state index contributed by atoms with van der Waals surface area (Å²) in [7, 11) is 4.08. The lowest BCUT2D eigenvalue weighted by Gasteiger charge is -2.30. The minimum Gasteiger partial charge on any atom is -0.362 e. The van der Waals surface area contributed by atoms with Gasteiger partial charge in [0.15, 0.2) is 0 Å². The largest absolute Gasteiger partial charge is 0.362 e. The minimum absolute atomic E-state index is 0.456. The molecule has 1 saturated carbocycles. The lowest BCUT2D eigenvalue weighted by atomic mass is 9.91. The van der Waals surface area contributed by atoms with Gasteiger partial charge in [0.25, 0.3) is 0 Å². The number of hydrogen-bond donors (Lipinski definition) is 2. The van der Waals surface area contributed by atoms with E-state index in [4.69, 9.17) is 9.97 Å². The van der Waals surface area contributed by atoms with Crippen LogP contribution < -0.4 is 15.5 Å². The molecule has 2 aromatic carbocycles.